The summed E-state index contributed by atoms with van der Waals surface area (Å²) in [6.45, 7) is 0. The molecule has 4 heavy (non-hydrogen) atoms. The minimum atomic E-state index is -1.28. The van der Waals surface area contributed by atoms with Crippen molar-refractivity contribution in [3.05, 3.63) is 0 Å². The van der Waals surface area contributed by atoms with Crippen LogP contribution in [-0.2, 0) is 0 Å². The van der Waals surface area contributed by atoms with Crippen LogP contribution in [0.25, 0.3) is 0 Å². The molecule has 0 aromatic rings. The summed E-state index contributed by atoms with van der Waals surface area (Å²) in [6, 6.07) is 0. The first-order valence-corrected chi connectivity index (χ1v) is 1.87. The zero-order valence-electron chi connectivity index (χ0n) is 1.91. The molecular formula is CH3ClFP. The zero-order chi connectivity index (χ0) is 3.58. The van der Waals surface area contributed by atoms with Crippen molar-refractivity contribution in [2.45, 2.75) is 5.37 Å². The summed E-state index contributed by atoms with van der Waals surface area (Å²) < 4.78 is 10.7. The van der Waals surface area contributed by atoms with Crippen molar-refractivity contribution >= 4 is 20.8 Å². The van der Waals surface area contributed by atoms with Gasteiger partial charge in [-0.05, 0) is 0 Å². The normalized spacial score (nSPS) is 15.8. The van der Waals surface area contributed by atoms with Crippen molar-refractivity contribution in [3.63, 3.8) is 0 Å². The zero-order valence-corrected chi connectivity index (χ0v) is 3.82. The second-order valence-electron chi connectivity index (χ2n) is 0.334. The summed E-state index contributed by atoms with van der Waals surface area (Å²) in [6.07, 6.45) is 0. The average molecular weight is 100 g/mol. The van der Waals surface area contributed by atoms with Crippen molar-refractivity contribution in [3.8, 4) is 0 Å². The quantitative estimate of drug-likeness (QED) is 0.318. The van der Waals surface area contributed by atoms with Gasteiger partial charge in [-0.25, -0.2) is 4.39 Å². The van der Waals surface area contributed by atoms with E-state index in [0.717, 1.165) is 0 Å². The van der Waals surface area contributed by atoms with E-state index in [9.17, 15) is 4.39 Å². The van der Waals surface area contributed by atoms with Crippen LogP contribution in [0.5, 0.6) is 0 Å². The maximum Gasteiger partial charge on any atom is 0.185 e. The van der Waals surface area contributed by atoms with Gasteiger partial charge in [0.05, 0.1) is 0 Å². The van der Waals surface area contributed by atoms with E-state index in [0.29, 0.717) is 0 Å². The highest BCUT2D eigenvalue weighted by Crippen LogP contribution is 2.03. The second kappa shape index (κ2) is 1.92. The van der Waals surface area contributed by atoms with E-state index in [1.807, 2.05) is 0 Å². The molecule has 0 rings (SSSR count). The maximum atomic E-state index is 10.7. The van der Waals surface area contributed by atoms with Crippen LogP contribution in [0.2, 0.25) is 0 Å². The van der Waals surface area contributed by atoms with Gasteiger partial charge in [-0.1, -0.05) is 20.8 Å². The van der Waals surface area contributed by atoms with Gasteiger partial charge in [0.2, 0.25) is 0 Å². The molecule has 0 heterocycles. The Hall–Kier alpha value is 0.650. The SMILES string of the molecule is FC(P)Cl. The van der Waals surface area contributed by atoms with E-state index < -0.39 is 5.37 Å². The van der Waals surface area contributed by atoms with Gasteiger partial charge in [0, 0.05) is 0 Å². The number of hydrogen-bond acceptors (Lipinski definition) is 0. The molecule has 3 heteroatoms. The Labute approximate surface area is 31.5 Å². The van der Waals surface area contributed by atoms with Crippen LogP contribution in [0.15, 0.2) is 0 Å². The molecule has 0 nitrogen and oxygen atoms in total. The van der Waals surface area contributed by atoms with Gasteiger partial charge in [0.15, 0.2) is 5.37 Å². The summed E-state index contributed by atoms with van der Waals surface area (Å²) in [4.78, 5) is 0. The molecule has 0 aromatic carbocycles. The Morgan fingerprint density at radius 3 is 2.00 bits per heavy atom. The minimum absolute atomic E-state index is 1.28. The summed E-state index contributed by atoms with van der Waals surface area (Å²) in [5.74, 6) is 0. The third-order valence-electron chi connectivity index (χ3n) is 0. The van der Waals surface area contributed by atoms with Gasteiger partial charge in [0.1, 0.15) is 0 Å². The Balaban J connectivity index is 2.32. The maximum absolute atomic E-state index is 10.7. The van der Waals surface area contributed by atoms with Crippen LogP contribution in [0, 0.1) is 0 Å². The summed E-state index contributed by atoms with van der Waals surface area (Å²) >= 11 is 4.57. The molecule has 0 spiro atoms. The van der Waals surface area contributed by atoms with Crippen molar-refractivity contribution in [1.29, 1.82) is 0 Å². The van der Waals surface area contributed by atoms with E-state index in [1.54, 1.807) is 9.24 Å². The Bertz CT molecular complexity index is 12.8. The molecule has 0 saturated carbocycles. The fraction of sp³-hybridized carbons (Fsp3) is 1.00. The smallest absolute Gasteiger partial charge is 0.185 e. The largest absolute Gasteiger partial charge is 0.226 e. The first-order valence-electron chi connectivity index (χ1n) is 0.770. The second-order valence-corrected chi connectivity index (χ2v) is 1.76. The number of halogens is 2. The third-order valence-corrected chi connectivity index (χ3v) is 0. The molecule has 0 aliphatic carbocycles. The monoisotopic (exact) mass is 100.0 g/mol. The van der Waals surface area contributed by atoms with Gasteiger partial charge in [0.25, 0.3) is 0 Å². The standard InChI is InChI=1S/CH3ClFP/c2-1(3)4/h1H,4H2. The molecule has 2 atom stereocenters. The van der Waals surface area contributed by atoms with Gasteiger partial charge in [-0.2, -0.15) is 0 Å². The highest BCUT2D eigenvalue weighted by Gasteiger charge is 1.77. The lowest BCUT2D eigenvalue weighted by atomic mass is 11.8. The number of hydrogen-bond donors (Lipinski definition) is 0. The molecule has 0 aliphatic heterocycles. The number of rotatable bonds is 0. The molecule has 0 amide bonds. The molecule has 0 N–H and O–H groups in total. The van der Waals surface area contributed by atoms with Crippen LogP contribution in [0.4, 0.5) is 4.39 Å². The lowest BCUT2D eigenvalue weighted by Gasteiger charge is -1.71. The van der Waals surface area contributed by atoms with E-state index in [4.69, 9.17) is 0 Å². The molecule has 0 saturated heterocycles. The first kappa shape index (κ1) is 4.65. The Morgan fingerprint density at radius 1 is 2.00 bits per heavy atom. The molecule has 2 unspecified atom stereocenters. The molecule has 0 fully saturated rings. The third kappa shape index (κ3) is 17.1. The average Bonchev–Trinajstić information content (AvgIpc) is 0.811. The van der Waals surface area contributed by atoms with Gasteiger partial charge in [-0.3, -0.25) is 0 Å². The molecule has 0 aromatic heterocycles. The van der Waals surface area contributed by atoms with E-state index in [-0.39, 0.29) is 0 Å². The lowest BCUT2D eigenvalue weighted by molar-refractivity contribution is 0.560. The topological polar surface area (TPSA) is 0 Å². The summed E-state index contributed by atoms with van der Waals surface area (Å²) in [5.41, 5.74) is 0. The predicted octanol–water partition coefficient (Wildman–Crippen LogP) is 1.35. The molecule has 0 radical (unpaired) electrons. The summed E-state index contributed by atoms with van der Waals surface area (Å²) in [5, 5.41) is -1.28. The minimum Gasteiger partial charge on any atom is -0.226 e. The van der Waals surface area contributed by atoms with E-state index in [1.165, 1.54) is 0 Å². The number of alkyl halides is 2. The molecule has 26 valence electrons. The van der Waals surface area contributed by atoms with Crippen LogP contribution < -0.4 is 0 Å². The van der Waals surface area contributed by atoms with Gasteiger partial charge in [-0.15, -0.1) is 0 Å². The highest BCUT2D eigenvalue weighted by molar-refractivity contribution is 7.20. The molecule has 0 aliphatic rings. The highest BCUT2D eigenvalue weighted by atomic mass is 35.5. The molecular weight excluding hydrogens is 97.4 g/mol. The molecule has 0 bridgehead atoms. The predicted molar refractivity (Wildman–Crippen MR) is 20.5 cm³/mol. The van der Waals surface area contributed by atoms with Crippen LogP contribution in [-0.4, -0.2) is 5.37 Å². The van der Waals surface area contributed by atoms with Crippen molar-refractivity contribution in [2.75, 3.05) is 0 Å². The van der Waals surface area contributed by atoms with E-state index >= 15 is 0 Å². The Morgan fingerprint density at radius 2 is 2.00 bits per heavy atom. The van der Waals surface area contributed by atoms with Crippen molar-refractivity contribution < 1.29 is 4.39 Å². The first-order chi connectivity index (χ1) is 1.73. The van der Waals surface area contributed by atoms with E-state index in [2.05, 4.69) is 11.6 Å². The Kier molecular flexibility index (Phi) is 2.24. The van der Waals surface area contributed by atoms with Crippen LogP contribution in [0.3, 0.4) is 0 Å². The van der Waals surface area contributed by atoms with Gasteiger partial charge >= 0.3 is 0 Å². The van der Waals surface area contributed by atoms with Crippen molar-refractivity contribution in [1.82, 2.24) is 0 Å². The fourth-order valence-electron chi connectivity index (χ4n) is 0. The summed E-state index contributed by atoms with van der Waals surface area (Å²) in [7, 11) is 1.76. The van der Waals surface area contributed by atoms with Gasteiger partial charge < -0.3 is 0 Å². The van der Waals surface area contributed by atoms with Crippen molar-refractivity contribution in [2.24, 2.45) is 0 Å². The fourth-order valence-corrected chi connectivity index (χ4v) is 0. The lowest BCUT2D eigenvalue weighted by Crippen LogP contribution is -1.56. The van der Waals surface area contributed by atoms with Crippen LogP contribution in [0.1, 0.15) is 0 Å². The van der Waals surface area contributed by atoms with Crippen LogP contribution >= 0.6 is 20.8 Å².